The summed E-state index contributed by atoms with van der Waals surface area (Å²) >= 11 is 0. The molecule has 17 heavy (non-hydrogen) atoms. The van der Waals surface area contributed by atoms with Crippen molar-refractivity contribution < 1.29 is 0 Å². The van der Waals surface area contributed by atoms with E-state index in [0.29, 0.717) is 6.04 Å². The summed E-state index contributed by atoms with van der Waals surface area (Å²) in [6, 6.07) is 9.51. The van der Waals surface area contributed by atoms with Crippen LogP contribution in [0.1, 0.15) is 30.4 Å². The summed E-state index contributed by atoms with van der Waals surface area (Å²) in [6.07, 6.45) is 5.68. The highest BCUT2D eigenvalue weighted by molar-refractivity contribution is 5.26. The Kier molecular flexibility index (Phi) is 2.96. The fourth-order valence-corrected chi connectivity index (χ4v) is 3.67. The molecule has 0 radical (unpaired) electrons. The van der Waals surface area contributed by atoms with Crippen LogP contribution in [0.25, 0.3) is 0 Å². The molecular weight excluding hydrogens is 206 g/mol. The van der Waals surface area contributed by atoms with Gasteiger partial charge in [-0.3, -0.25) is 0 Å². The first-order valence-electron chi connectivity index (χ1n) is 6.99. The third kappa shape index (κ3) is 2.26. The molecule has 2 fully saturated rings. The van der Waals surface area contributed by atoms with E-state index >= 15 is 0 Å². The van der Waals surface area contributed by atoms with E-state index in [-0.39, 0.29) is 0 Å². The van der Waals surface area contributed by atoms with Gasteiger partial charge in [0.15, 0.2) is 0 Å². The molecule has 0 aliphatic heterocycles. The highest BCUT2D eigenvalue weighted by Crippen LogP contribution is 2.55. The van der Waals surface area contributed by atoms with Gasteiger partial charge in [-0.25, -0.2) is 0 Å². The third-order valence-electron chi connectivity index (χ3n) is 4.92. The van der Waals surface area contributed by atoms with Gasteiger partial charge in [0.1, 0.15) is 0 Å². The zero-order chi connectivity index (χ0) is 11.8. The van der Waals surface area contributed by atoms with Gasteiger partial charge in [-0.2, -0.15) is 0 Å². The van der Waals surface area contributed by atoms with E-state index < -0.39 is 0 Å². The van der Waals surface area contributed by atoms with Gasteiger partial charge >= 0.3 is 0 Å². The molecule has 0 amide bonds. The van der Waals surface area contributed by atoms with Gasteiger partial charge in [0.05, 0.1) is 0 Å². The van der Waals surface area contributed by atoms with E-state index in [1.165, 1.54) is 36.8 Å². The summed E-state index contributed by atoms with van der Waals surface area (Å²) in [6.45, 7) is 2.23. The van der Waals surface area contributed by atoms with Crippen LogP contribution in [-0.4, -0.2) is 13.1 Å². The molecule has 2 aliphatic carbocycles. The molecule has 1 heteroatoms. The Morgan fingerprint density at radius 1 is 1.18 bits per heavy atom. The standard InChI is InChI=1S/C16H23N/c1-11-5-3-4-6-12(11)10-16(17-2)15-8-13-7-14(13)9-15/h3-6,13-17H,7-10H2,1-2H3. The molecule has 3 atom stereocenters. The van der Waals surface area contributed by atoms with Crippen molar-refractivity contribution in [2.45, 2.75) is 38.6 Å². The number of nitrogens with one attached hydrogen (secondary N) is 1. The van der Waals surface area contributed by atoms with Gasteiger partial charge in [0.25, 0.3) is 0 Å². The molecule has 1 nitrogen and oxygen atoms in total. The number of likely N-dealkylation sites (N-methyl/N-ethyl adjacent to an activating group) is 1. The first-order valence-corrected chi connectivity index (χ1v) is 6.99. The lowest BCUT2D eigenvalue weighted by molar-refractivity contribution is 0.349. The molecule has 3 rings (SSSR count). The van der Waals surface area contributed by atoms with Crippen LogP contribution >= 0.6 is 0 Å². The SMILES string of the molecule is CNC(Cc1ccccc1C)C1CC2CC2C1. The highest BCUT2D eigenvalue weighted by Gasteiger charge is 2.47. The quantitative estimate of drug-likeness (QED) is 0.836. The zero-order valence-electron chi connectivity index (χ0n) is 10.9. The number of aryl methyl sites for hydroxylation is 1. The predicted molar refractivity (Wildman–Crippen MR) is 72.1 cm³/mol. The number of hydrogen-bond acceptors (Lipinski definition) is 1. The third-order valence-corrected chi connectivity index (χ3v) is 4.92. The van der Waals surface area contributed by atoms with Crippen LogP contribution in [0.4, 0.5) is 0 Å². The first kappa shape index (κ1) is 11.3. The number of benzene rings is 1. The lowest BCUT2D eigenvalue weighted by Gasteiger charge is -2.25. The molecule has 0 saturated heterocycles. The van der Waals surface area contributed by atoms with Crippen LogP contribution in [-0.2, 0) is 6.42 Å². The molecule has 2 aliphatic rings. The number of fused-ring (bicyclic) bond motifs is 1. The fourth-order valence-electron chi connectivity index (χ4n) is 3.67. The lowest BCUT2D eigenvalue weighted by atomic mass is 9.88. The molecule has 0 bridgehead atoms. The van der Waals surface area contributed by atoms with E-state index in [1.807, 2.05) is 0 Å². The van der Waals surface area contributed by atoms with Crippen molar-refractivity contribution in [3.63, 3.8) is 0 Å². The summed E-state index contributed by atoms with van der Waals surface area (Å²) in [5.41, 5.74) is 2.96. The molecule has 0 spiro atoms. The van der Waals surface area contributed by atoms with E-state index in [9.17, 15) is 0 Å². The first-order chi connectivity index (χ1) is 8.28. The Hall–Kier alpha value is -0.820. The Bertz CT molecular complexity index is 388. The van der Waals surface area contributed by atoms with Crippen molar-refractivity contribution in [3.8, 4) is 0 Å². The zero-order valence-corrected chi connectivity index (χ0v) is 10.9. The molecule has 0 aromatic heterocycles. The van der Waals surface area contributed by atoms with E-state index in [4.69, 9.17) is 0 Å². The molecule has 3 unspecified atom stereocenters. The second-order valence-corrected chi connectivity index (χ2v) is 6.01. The highest BCUT2D eigenvalue weighted by atomic mass is 14.9. The average molecular weight is 229 g/mol. The van der Waals surface area contributed by atoms with E-state index in [1.54, 1.807) is 0 Å². The van der Waals surface area contributed by atoms with Gasteiger partial charge in [0.2, 0.25) is 0 Å². The second kappa shape index (κ2) is 4.45. The summed E-state index contributed by atoms with van der Waals surface area (Å²) in [7, 11) is 2.13. The number of rotatable bonds is 4. The Morgan fingerprint density at radius 2 is 1.88 bits per heavy atom. The largest absolute Gasteiger partial charge is 0.316 e. The van der Waals surface area contributed by atoms with Crippen molar-refractivity contribution in [2.75, 3.05) is 7.05 Å². The molecule has 0 heterocycles. The molecule has 1 aromatic rings. The summed E-state index contributed by atoms with van der Waals surface area (Å²) in [5.74, 6) is 3.10. The van der Waals surface area contributed by atoms with Crippen LogP contribution < -0.4 is 5.32 Å². The number of hydrogen-bond donors (Lipinski definition) is 1. The molecule has 1 aromatic carbocycles. The molecule has 92 valence electrons. The van der Waals surface area contributed by atoms with Crippen LogP contribution in [0.15, 0.2) is 24.3 Å². The second-order valence-electron chi connectivity index (χ2n) is 6.01. The van der Waals surface area contributed by atoms with Crippen molar-refractivity contribution in [1.82, 2.24) is 5.32 Å². The normalized spacial score (nSPS) is 32.2. The topological polar surface area (TPSA) is 12.0 Å². The maximum atomic E-state index is 3.56. The van der Waals surface area contributed by atoms with E-state index in [2.05, 4.69) is 43.6 Å². The van der Waals surface area contributed by atoms with Crippen LogP contribution in [0.3, 0.4) is 0 Å². The van der Waals surface area contributed by atoms with Gasteiger partial charge in [-0.15, -0.1) is 0 Å². The van der Waals surface area contributed by atoms with Gasteiger partial charge in [0, 0.05) is 6.04 Å². The monoisotopic (exact) mass is 229 g/mol. The lowest BCUT2D eigenvalue weighted by Crippen LogP contribution is -2.35. The van der Waals surface area contributed by atoms with Crippen LogP contribution in [0.5, 0.6) is 0 Å². The summed E-state index contributed by atoms with van der Waals surface area (Å²) < 4.78 is 0. The smallest absolute Gasteiger partial charge is 0.0133 e. The molecule has 2 saturated carbocycles. The van der Waals surface area contributed by atoms with Gasteiger partial charge < -0.3 is 5.32 Å². The minimum absolute atomic E-state index is 0.684. The summed E-state index contributed by atoms with van der Waals surface area (Å²) in [4.78, 5) is 0. The maximum absolute atomic E-state index is 3.56. The van der Waals surface area contributed by atoms with Gasteiger partial charge in [-0.05, 0) is 68.5 Å². The van der Waals surface area contributed by atoms with Crippen LogP contribution in [0, 0.1) is 24.7 Å². The van der Waals surface area contributed by atoms with Crippen molar-refractivity contribution in [2.24, 2.45) is 17.8 Å². The Balaban J connectivity index is 1.67. The maximum Gasteiger partial charge on any atom is 0.0133 e. The Morgan fingerprint density at radius 3 is 2.53 bits per heavy atom. The summed E-state index contributed by atoms with van der Waals surface area (Å²) in [5, 5.41) is 3.56. The van der Waals surface area contributed by atoms with Crippen molar-refractivity contribution in [1.29, 1.82) is 0 Å². The van der Waals surface area contributed by atoms with Crippen LogP contribution in [0.2, 0.25) is 0 Å². The minimum atomic E-state index is 0.684. The average Bonchev–Trinajstić information content (AvgIpc) is 2.95. The minimum Gasteiger partial charge on any atom is -0.316 e. The van der Waals surface area contributed by atoms with Crippen molar-refractivity contribution >= 4 is 0 Å². The van der Waals surface area contributed by atoms with Gasteiger partial charge in [-0.1, -0.05) is 24.3 Å². The van der Waals surface area contributed by atoms with E-state index in [0.717, 1.165) is 17.8 Å². The van der Waals surface area contributed by atoms with Crippen molar-refractivity contribution in [3.05, 3.63) is 35.4 Å². The predicted octanol–water partition coefficient (Wildman–Crippen LogP) is 3.17. The molecular formula is C16H23N. The fraction of sp³-hybridized carbons (Fsp3) is 0.625. The molecule has 1 N–H and O–H groups in total. The Labute approximate surface area is 105 Å².